The number of Topliss-reactive ketones (excluding diaryl/α,β-unsaturated/α-hetero) is 1. The second-order valence-electron chi connectivity index (χ2n) is 4.41. The van der Waals surface area contributed by atoms with E-state index in [0.717, 1.165) is 41.9 Å². The molecule has 0 aliphatic heterocycles. The Kier molecular flexibility index (Phi) is 5.20. The fourth-order valence-corrected chi connectivity index (χ4v) is 1.96. The van der Waals surface area contributed by atoms with Crippen LogP contribution in [0.2, 0.25) is 0 Å². The number of ether oxygens (including phenoxy) is 1. The first-order chi connectivity index (χ1) is 8.10. The molecule has 0 saturated carbocycles. The Bertz CT molecular complexity index is 371. The van der Waals surface area contributed by atoms with Gasteiger partial charge >= 0.3 is 0 Å². The molecule has 2 nitrogen and oxygen atoms in total. The van der Waals surface area contributed by atoms with E-state index in [1.165, 1.54) is 0 Å². The van der Waals surface area contributed by atoms with E-state index in [2.05, 4.69) is 6.92 Å². The zero-order chi connectivity index (χ0) is 12.8. The lowest BCUT2D eigenvalue weighted by Gasteiger charge is -2.12. The molecule has 0 amide bonds. The second kappa shape index (κ2) is 6.43. The average Bonchev–Trinajstić information content (AvgIpc) is 2.28. The van der Waals surface area contributed by atoms with Gasteiger partial charge in [-0.05, 0) is 43.5 Å². The lowest BCUT2D eigenvalue weighted by molar-refractivity contribution is 0.0987. The highest BCUT2D eigenvalue weighted by atomic mass is 16.5. The summed E-state index contributed by atoms with van der Waals surface area (Å²) in [5.41, 5.74) is 2.89. The fraction of sp³-hybridized carbons (Fsp3) is 0.533. The summed E-state index contributed by atoms with van der Waals surface area (Å²) in [6.45, 7) is 8.73. The predicted molar refractivity (Wildman–Crippen MR) is 70.9 cm³/mol. The normalized spacial score (nSPS) is 10.4. The minimum absolute atomic E-state index is 0.208. The van der Waals surface area contributed by atoms with Crippen LogP contribution in [0.5, 0.6) is 5.75 Å². The zero-order valence-electron chi connectivity index (χ0n) is 11.3. The average molecular weight is 234 g/mol. The fourth-order valence-electron chi connectivity index (χ4n) is 1.96. The van der Waals surface area contributed by atoms with Crippen LogP contribution >= 0.6 is 0 Å². The summed E-state index contributed by atoms with van der Waals surface area (Å²) in [7, 11) is 0. The number of carbonyl (C=O) groups is 1. The molecule has 17 heavy (non-hydrogen) atoms. The topological polar surface area (TPSA) is 26.3 Å². The molecule has 0 saturated heterocycles. The van der Waals surface area contributed by atoms with Crippen LogP contribution in [0.25, 0.3) is 0 Å². The predicted octanol–water partition coefficient (Wildman–Crippen LogP) is 4.08. The number of rotatable bonds is 6. The largest absolute Gasteiger partial charge is 0.494 e. The Morgan fingerprint density at radius 3 is 2.24 bits per heavy atom. The van der Waals surface area contributed by atoms with Crippen molar-refractivity contribution in [1.29, 1.82) is 0 Å². The molecule has 0 unspecified atom stereocenters. The number of ketones is 1. The van der Waals surface area contributed by atoms with Gasteiger partial charge in [0, 0.05) is 12.0 Å². The van der Waals surface area contributed by atoms with E-state index in [1.54, 1.807) is 0 Å². The van der Waals surface area contributed by atoms with Crippen molar-refractivity contribution in [1.82, 2.24) is 0 Å². The molecule has 0 bridgehead atoms. The lowest BCUT2D eigenvalue weighted by Crippen LogP contribution is -2.05. The summed E-state index contributed by atoms with van der Waals surface area (Å²) in [5, 5.41) is 0. The first kappa shape index (κ1) is 13.8. The van der Waals surface area contributed by atoms with Crippen LogP contribution in [-0.4, -0.2) is 12.4 Å². The standard InChI is InChI=1S/C15H22O2/c1-5-7-8-17-13-9-11(3)15(12(4)10-13)14(16)6-2/h9-10H,5-8H2,1-4H3. The van der Waals surface area contributed by atoms with Gasteiger partial charge in [0.05, 0.1) is 6.61 Å². The Labute approximate surface area is 104 Å². The van der Waals surface area contributed by atoms with Crippen LogP contribution in [0.1, 0.15) is 54.6 Å². The van der Waals surface area contributed by atoms with Crippen molar-refractivity contribution in [3.05, 3.63) is 28.8 Å². The highest BCUT2D eigenvalue weighted by Crippen LogP contribution is 2.23. The van der Waals surface area contributed by atoms with E-state index in [9.17, 15) is 4.79 Å². The van der Waals surface area contributed by atoms with Crippen molar-refractivity contribution in [2.75, 3.05) is 6.61 Å². The van der Waals surface area contributed by atoms with Gasteiger partial charge in [0.1, 0.15) is 5.75 Å². The molecule has 1 aromatic rings. The maximum Gasteiger partial charge on any atom is 0.163 e. The molecular formula is C15H22O2. The maximum atomic E-state index is 11.8. The first-order valence-electron chi connectivity index (χ1n) is 6.37. The van der Waals surface area contributed by atoms with Crippen LogP contribution in [0.3, 0.4) is 0 Å². The third kappa shape index (κ3) is 3.58. The van der Waals surface area contributed by atoms with Crippen molar-refractivity contribution in [3.63, 3.8) is 0 Å². The highest BCUT2D eigenvalue weighted by Gasteiger charge is 2.11. The van der Waals surface area contributed by atoms with E-state index >= 15 is 0 Å². The molecule has 94 valence electrons. The van der Waals surface area contributed by atoms with E-state index < -0.39 is 0 Å². The molecule has 0 spiro atoms. The third-order valence-electron chi connectivity index (χ3n) is 2.87. The summed E-state index contributed by atoms with van der Waals surface area (Å²) in [6.07, 6.45) is 2.75. The molecule has 0 aliphatic rings. The molecule has 0 atom stereocenters. The molecule has 1 aromatic carbocycles. The van der Waals surface area contributed by atoms with Crippen LogP contribution in [0, 0.1) is 13.8 Å². The van der Waals surface area contributed by atoms with Gasteiger partial charge in [-0.3, -0.25) is 4.79 Å². The van der Waals surface area contributed by atoms with Gasteiger partial charge in [0.15, 0.2) is 5.78 Å². The quantitative estimate of drug-likeness (QED) is 0.547. The molecule has 1 rings (SSSR count). The number of benzene rings is 1. The molecular weight excluding hydrogens is 212 g/mol. The van der Waals surface area contributed by atoms with E-state index in [-0.39, 0.29) is 5.78 Å². The minimum atomic E-state index is 0.208. The van der Waals surface area contributed by atoms with Gasteiger partial charge in [0.25, 0.3) is 0 Å². The highest BCUT2D eigenvalue weighted by molar-refractivity contribution is 5.98. The first-order valence-corrected chi connectivity index (χ1v) is 6.37. The summed E-state index contributed by atoms with van der Waals surface area (Å²) in [4.78, 5) is 11.8. The number of hydrogen-bond acceptors (Lipinski definition) is 2. The number of hydrogen-bond donors (Lipinski definition) is 0. The van der Waals surface area contributed by atoms with Gasteiger partial charge < -0.3 is 4.74 Å². The monoisotopic (exact) mass is 234 g/mol. The summed E-state index contributed by atoms with van der Waals surface area (Å²) >= 11 is 0. The van der Waals surface area contributed by atoms with Crippen LogP contribution in [0.15, 0.2) is 12.1 Å². The van der Waals surface area contributed by atoms with Gasteiger partial charge in [-0.25, -0.2) is 0 Å². The molecule has 0 radical (unpaired) electrons. The van der Waals surface area contributed by atoms with Crippen molar-refractivity contribution >= 4 is 5.78 Å². The van der Waals surface area contributed by atoms with Crippen molar-refractivity contribution in [3.8, 4) is 5.75 Å². The second-order valence-corrected chi connectivity index (χ2v) is 4.41. The van der Waals surface area contributed by atoms with Crippen LogP contribution in [-0.2, 0) is 0 Å². The molecule has 0 aromatic heterocycles. The number of unbranched alkanes of at least 4 members (excludes halogenated alkanes) is 1. The zero-order valence-corrected chi connectivity index (χ0v) is 11.3. The Morgan fingerprint density at radius 1 is 1.18 bits per heavy atom. The van der Waals surface area contributed by atoms with E-state index in [4.69, 9.17) is 4.74 Å². The Morgan fingerprint density at radius 2 is 1.76 bits per heavy atom. The minimum Gasteiger partial charge on any atom is -0.494 e. The SMILES string of the molecule is CCCCOc1cc(C)c(C(=O)CC)c(C)c1. The summed E-state index contributed by atoms with van der Waals surface area (Å²) < 4.78 is 5.67. The third-order valence-corrected chi connectivity index (χ3v) is 2.87. The molecule has 0 fully saturated rings. The number of aryl methyl sites for hydroxylation is 2. The van der Waals surface area contributed by atoms with Gasteiger partial charge in [-0.1, -0.05) is 20.3 Å². The Balaban J connectivity index is 2.89. The van der Waals surface area contributed by atoms with E-state index in [0.29, 0.717) is 6.42 Å². The number of carbonyl (C=O) groups excluding carboxylic acids is 1. The molecule has 2 heteroatoms. The molecule has 0 aliphatic carbocycles. The summed E-state index contributed by atoms with van der Waals surface area (Å²) in [5.74, 6) is 1.08. The van der Waals surface area contributed by atoms with Gasteiger partial charge in [0.2, 0.25) is 0 Å². The maximum absolute atomic E-state index is 11.8. The Hall–Kier alpha value is -1.31. The van der Waals surface area contributed by atoms with Crippen molar-refractivity contribution in [2.24, 2.45) is 0 Å². The van der Waals surface area contributed by atoms with Crippen LogP contribution < -0.4 is 4.74 Å². The van der Waals surface area contributed by atoms with Gasteiger partial charge in [-0.15, -0.1) is 0 Å². The van der Waals surface area contributed by atoms with Crippen LogP contribution in [0.4, 0.5) is 0 Å². The molecule has 0 N–H and O–H groups in total. The van der Waals surface area contributed by atoms with Crippen molar-refractivity contribution < 1.29 is 9.53 Å². The smallest absolute Gasteiger partial charge is 0.163 e. The molecule has 0 heterocycles. The van der Waals surface area contributed by atoms with Gasteiger partial charge in [-0.2, -0.15) is 0 Å². The summed E-state index contributed by atoms with van der Waals surface area (Å²) in [6, 6.07) is 3.93. The van der Waals surface area contributed by atoms with Crippen molar-refractivity contribution in [2.45, 2.75) is 47.0 Å². The lowest BCUT2D eigenvalue weighted by atomic mass is 9.97. The van der Waals surface area contributed by atoms with E-state index in [1.807, 2.05) is 32.9 Å².